The number of anilines is 2. The third-order valence-corrected chi connectivity index (χ3v) is 8.91. The Morgan fingerprint density at radius 2 is 1.66 bits per heavy atom. The number of ketones is 1. The van der Waals surface area contributed by atoms with E-state index < -0.39 is 81.2 Å². The first-order valence-electron chi connectivity index (χ1n) is 14.2. The number of hydrogen-bond donors (Lipinski definition) is 1. The van der Waals surface area contributed by atoms with Crippen LogP contribution in [0.5, 0.6) is 0 Å². The summed E-state index contributed by atoms with van der Waals surface area (Å²) in [5, 5.41) is 2.43. The van der Waals surface area contributed by atoms with Crippen molar-refractivity contribution in [3.63, 3.8) is 0 Å². The molecule has 4 rings (SSSR count). The summed E-state index contributed by atoms with van der Waals surface area (Å²) in [6, 6.07) is 7.99. The second-order valence-corrected chi connectivity index (χ2v) is 12.6. The summed E-state index contributed by atoms with van der Waals surface area (Å²) < 4.78 is 87.4. The van der Waals surface area contributed by atoms with Crippen molar-refractivity contribution in [1.29, 1.82) is 0 Å². The van der Waals surface area contributed by atoms with E-state index in [4.69, 9.17) is 39.5 Å². The fourth-order valence-corrected chi connectivity index (χ4v) is 6.31. The molecular weight excluding hydrogens is 697 g/mol. The van der Waals surface area contributed by atoms with Crippen molar-refractivity contribution in [2.45, 2.75) is 49.7 Å². The number of halogens is 9. The molecule has 15 heteroatoms. The summed E-state index contributed by atoms with van der Waals surface area (Å²) in [5.41, 5.74) is -2.64. The zero-order valence-corrected chi connectivity index (χ0v) is 27.2. The summed E-state index contributed by atoms with van der Waals surface area (Å²) in [5.74, 6) is -8.22. The largest absolute Gasteiger partial charge is 0.419 e. The number of Topliss-reactive ketones (excluding diaryl/α,β-unsaturated/α-hetero) is 1. The fraction of sp³-hybridized carbons (Fsp3) is 0.344. The van der Waals surface area contributed by atoms with Crippen molar-refractivity contribution >= 4 is 63.8 Å². The quantitative estimate of drug-likeness (QED) is 0.122. The molecule has 1 aliphatic rings. The molecule has 3 aromatic carbocycles. The van der Waals surface area contributed by atoms with E-state index in [0.29, 0.717) is 12.1 Å². The first-order valence-corrected chi connectivity index (χ1v) is 15.3. The van der Waals surface area contributed by atoms with Crippen LogP contribution in [0, 0.1) is 23.4 Å². The third-order valence-electron chi connectivity index (χ3n) is 7.64. The topological polar surface area (TPSA) is 75.7 Å². The van der Waals surface area contributed by atoms with Crippen molar-refractivity contribution in [1.82, 2.24) is 0 Å². The minimum Gasteiger partial charge on any atom is -0.369 e. The molecule has 1 aliphatic carbocycles. The molecule has 1 saturated carbocycles. The molecule has 0 radical (unpaired) electrons. The molecule has 1 unspecified atom stereocenters. The van der Waals surface area contributed by atoms with E-state index in [1.165, 1.54) is 32.0 Å². The number of nitrogens with zero attached hydrogens (tertiary/aromatic N) is 1. The Bertz CT molecular complexity index is 1720. The van der Waals surface area contributed by atoms with Gasteiger partial charge in [0.25, 0.3) is 5.91 Å². The van der Waals surface area contributed by atoms with E-state index in [1.807, 2.05) is 0 Å². The van der Waals surface area contributed by atoms with Crippen molar-refractivity contribution in [3.8, 4) is 0 Å². The van der Waals surface area contributed by atoms with Gasteiger partial charge in [-0.05, 0) is 68.3 Å². The predicted molar refractivity (Wildman–Crippen MR) is 166 cm³/mol. The number of carbonyl (C=O) groups is 3. The predicted octanol–water partition coefficient (Wildman–Crippen LogP) is 8.51. The smallest absolute Gasteiger partial charge is 0.369 e. The fourth-order valence-electron chi connectivity index (χ4n) is 5.26. The zero-order valence-electron chi connectivity index (χ0n) is 25.0. The average molecular weight is 724 g/mol. The van der Waals surface area contributed by atoms with Crippen LogP contribution >= 0.6 is 34.8 Å². The van der Waals surface area contributed by atoms with E-state index >= 15 is 4.39 Å². The van der Waals surface area contributed by atoms with Gasteiger partial charge in [-0.25, -0.2) is 13.2 Å². The number of amides is 2. The summed E-state index contributed by atoms with van der Waals surface area (Å²) in [6.45, 7) is 4.74. The van der Waals surface area contributed by atoms with Crippen LogP contribution in [0.25, 0.3) is 0 Å². The molecule has 1 N–H and O–H groups in total. The molecule has 0 aromatic heterocycles. The van der Waals surface area contributed by atoms with Crippen LogP contribution in [0.2, 0.25) is 5.02 Å². The lowest BCUT2D eigenvalue weighted by molar-refractivity contribution is -0.140. The van der Waals surface area contributed by atoms with Crippen LogP contribution in [0.3, 0.4) is 0 Å². The monoisotopic (exact) mass is 722 g/mol. The number of ether oxygens (including phenoxy) is 1. The van der Waals surface area contributed by atoms with Gasteiger partial charge < -0.3 is 15.0 Å². The minimum atomic E-state index is -4.99. The molecule has 3 aromatic rings. The molecule has 0 spiro atoms. The van der Waals surface area contributed by atoms with Gasteiger partial charge in [-0.15, -0.1) is 23.2 Å². The van der Waals surface area contributed by atoms with Crippen LogP contribution in [0.1, 0.15) is 53.7 Å². The highest BCUT2D eigenvalue weighted by molar-refractivity contribution is 6.53. The lowest BCUT2D eigenvalue weighted by Crippen LogP contribution is -2.40. The maximum Gasteiger partial charge on any atom is 0.419 e. The molecule has 1 fully saturated rings. The number of nitrogens with one attached hydrogen (secondary N) is 1. The van der Waals surface area contributed by atoms with Crippen LogP contribution in [-0.4, -0.2) is 41.2 Å². The van der Waals surface area contributed by atoms with Crippen LogP contribution < -0.4 is 10.2 Å². The molecule has 0 bridgehead atoms. The van der Waals surface area contributed by atoms with Gasteiger partial charge in [-0.3, -0.25) is 14.4 Å². The molecule has 0 aliphatic heterocycles. The van der Waals surface area contributed by atoms with Gasteiger partial charge in [-0.1, -0.05) is 23.7 Å². The second-order valence-electron chi connectivity index (χ2n) is 10.7. The van der Waals surface area contributed by atoms with Crippen LogP contribution in [0.4, 0.5) is 37.7 Å². The van der Waals surface area contributed by atoms with Gasteiger partial charge >= 0.3 is 6.18 Å². The lowest BCUT2D eigenvalue weighted by Gasteiger charge is -2.26. The number of carbonyl (C=O) groups excluding carboxylic acids is 3. The molecule has 6 nitrogen and oxygen atoms in total. The summed E-state index contributed by atoms with van der Waals surface area (Å²) >= 11 is 18.8. The number of alkyl halides is 5. The minimum absolute atomic E-state index is 0.0283. The van der Waals surface area contributed by atoms with Gasteiger partial charge in [0, 0.05) is 36.7 Å². The highest BCUT2D eigenvalue weighted by atomic mass is 35.5. The van der Waals surface area contributed by atoms with Gasteiger partial charge in [0.1, 0.15) is 27.8 Å². The van der Waals surface area contributed by atoms with Crippen molar-refractivity contribution in [2.24, 2.45) is 5.92 Å². The van der Waals surface area contributed by atoms with Gasteiger partial charge in [0.2, 0.25) is 5.91 Å². The second kappa shape index (κ2) is 14.0. The van der Waals surface area contributed by atoms with Crippen LogP contribution in [-0.2, 0) is 26.9 Å². The average Bonchev–Trinajstić information content (AvgIpc) is 3.58. The van der Waals surface area contributed by atoms with Gasteiger partial charge in [0.05, 0.1) is 16.5 Å². The summed E-state index contributed by atoms with van der Waals surface area (Å²) in [7, 11) is 0. The Kier molecular flexibility index (Phi) is 10.9. The number of benzene rings is 3. The Morgan fingerprint density at radius 3 is 2.28 bits per heavy atom. The highest BCUT2D eigenvalue weighted by Crippen LogP contribution is 2.65. The van der Waals surface area contributed by atoms with Crippen molar-refractivity contribution in [2.75, 3.05) is 23.4 Å². The van der Waals surface area contributed by atoms with E-state index in [1.54, 1.807) is 6.92 Å². The summed E-state index contributed by atoms with van der Waals surface area (Å²) in [6.07, 6.45) is -6.58. The summed E-state index contributed by atoms with van der Waals surface area (Å²) in [4.78, 5) is 40.1. The molecule has 2 amide bonds. The number of rotatable bonds is 11. The molecule has 47 heavy (non-hydrogen) atoms. The maximum atomic E-state index is 15.6. The van der Waals surface area contributed by atoms with E-state index in [9.17, 15) is 36.3 Å². The first kappa shape index (κ1) is 36.5. The normalized spacial score (nSPS) is 17.6. The third kappa shape index (κ3) is 7.56. The van der Waals surface area contributed by atoms with Crippen LogP contribution in [0.15, 0.2) is 48.5 Å². The first-order chi connectivity index (χ1) is 21.9. The highest BCUT2D eigenvalue weighted by Gasteiger charge is 2.67. The SMILES string of the molecule is CCOC(C)C(=O)N(CC)c1c(F)ccc(CC(=O)c2cc(NC(=O)[C@H]3[C@H](c4ccc(F)c(C(F)(F)F)c4)C3(Cl)Cl)ccc2Cl)c1F. The van der Waals surface area contributed by atoms with Crippen molar-refractivity contribution < 1.29 is 45.5 Å². The molecule has 0 saturated heterocycles. The lowest BCUT2D eigenvalue weighted by atomic mass is 10.0. The number of hydrogen-bond acceptors (Lipinski definition) is 4. The van der Waals surface area contributed by atoms with Gasteiger partial charge in [0.15, 0.2) is 11.6 Å². The molecule has 0 heterocycles. The molecule has 3 atom stereocenters. The Hall–Kier alpha value is -3.32. The van der Waals surface area contributed by atoms with E-state index in [0.717, 1.165) is 23.1 Å². The van der Waals surface area contributed by atoms with E-state index in [-0.39, 0.29) is 40.6 Å². The standard InChI is InChI=1S/C32H27Cl3F6N2O4/c1-4-43(30(46)15(3)47-5-2)28-23(37)11-7-17(27(28)38)13-24(44)19-14-18(8-9-21(19)33)42-29(45)26-25(31(26,34)35)16-6-10-22(36)20(12-16)32(39,40)41/h6-12,14-15,25-26H,4-5,13H2,1-3H3,(H,42,45)/t15?,25-,26+/m0/s1. The zero-order chi connectivity index (χ0) is 35.0. The Labute approximate surface area is 280 Å². The maximum absolute atomic E-state index is 15.6. The van der Waals surface area contributed by atoms with Gasteiger partial charge in [-0.2, -0.15) is 13.2 Å². The Balaban J connectivity index is 1.55. The van der Waals surface area contributed by atoms with Crippen molar-refractivity contribution in [3.05, 3.63) is 93.3 Å². The van der Waals surface area contributed by atoms with E-state index in [2.05, 4.69) is 5.32 Å². The number of likely N-dealkylation sites (N-methyl/N-ethyl adjacent to an activating group) is 1. The Morgan fingerprint density at radius 1 is 1.00 bits per heavy atom. The molecule has 252 valence electrons. The molecular formula is C32H27Cl3F6N2O4.